The maximum absolute atomic E-state index is 13.5. The van der Waals surface area contributed by atoms with Crippen molar-refractivity contribution in [3.8, 4) is 6.07 Å². The number of carbonyl (C=O) groups is 2. The summed E-state index contributed by atoms with van der Waals surface area (Å²) in [5, 5.41) is 9.16. The Morgan fingerprint density at radius 3 is 2.96 bits per heavy atom. The van der Waals surface area contributed by atoms with Gasteiger partial charge in [0, 0.05) is 25.3 Å². The minimum Gasteiger partial charge on any atom is -0.325 e. The number of nitrogens with zero attached hydrogens (tertiary/aromatic N) is 4. The first-order valence-corrected chi connectivity index (χ1v) is 9.28. The van der Waals surface area contributed by atoms with Crippen LogP contribution in [0.1, 0.15) is 19.3 Å². The van der Waals surface area contributed by atoms with Crippen molar-refractivity contribution in [2.24, 2.45) is 5.73 Å². The van der Waals surface area contributed by atoms with E-state index in [4.69, 9.17) is 11.0 Å². The molecule has 3 aliphatic heterocycles. The normalized spacial score (nSPS) is 28.6. The van der Waals surface area contributed by atoms with E-state index in [0.29, 0.717) is 31.6 Å². The molecule has 4 rings (SSSR count). The summed E-state index contributed by atoms with van der Waals surface area (Å²) in [6, 6.07) is 6.68. The highest BCUT2D eigenvalue weighted by atomic mass is 19.1. The van der Waals surface area contributed by atoms with Crippen molar-refractivity contribution in [1.82, 2.24) is 9.80 Å². The van der Waals surface area contributed by atoms with Crippen molar-refractivity contribution in [1.29, 1.82) is 5.26 Å². The number of hydrogen-bond donors (Lipinski definition) is 1. The molecule has 2 N–H and O–H groups in total. The van der Waals surface area contributed by atoms with Gasteiger partial charge in [-0.2, -0.15) is 5.26 Å². The van der Waals surface area contributed by atoms with E-state index < -0.39 is 12.1 Å². The van der Waals surface area contributed by atoms with Gasteiger partial charge in [0.25, 0.3) is 0 Å². The molecule has 3 saturated heterocycles. The second-order valence-corrected chi connectivity index (χ2v) is 7.47. The largest absolute Gasteiger partial charge is 0.325 e. The van der Waals surface area contributed by atoms with E-state index in [1.54, 1.807) is 21.9 Å². The van der Waals surface area contributed by atoms with Crippen LogP contribution in [0.25, 0.3) is 0 Å². The van der Waals surface area contributed by atoms with Crippen molar-refractivity contribution in [2.75, 3.05) is 24.5 Å². The molecule has 2 bridgehead atoms. The Labute approximate surface area is 157 Å². The summed E-state index contributed by atoms with van der Waals surface area (Å²) in [5.74, 6) is -0.672. The number of fused-ring (bicyclic) bond motifs is 2. The Morgan fingerprint density at radius 2 is 2.26 bits per heavy atom. The number of nitrogens with two attached hydrogens (primary N) is 1. The van der Waals surface area contributed by atoms with E-state index in [-0.39, 0.29) is 36.3 Å². The molecule has 0 saturated carbocycles. The van der Waals surface area contributed by atoms with Gasteiger partial charge < -0.3 is 15.5 Å². The standard InChI is InChI=1S/C19H22FN5O2/c20-12-3-1-4-13(7-12)25-15-8-17(19(25)27)23(10-15)11-16(22)18(26)24-6-2-5-14(24)9-21/h1,3-4,7,14-17H,2,5-6,8,10-11,22H2/t14-,15?,16-,17-/m0/s1. The third kappa shape index (κ3) is 3.07. The summed E-state index contributed by atoms with van der Waals surface area (Å²) < 4.78 is 13.5. The van der Waals surface area contributed by atoms with Crippen molar-refractivity contribution >= 4 is 17.5 Å². The highest BCUT2D eigenvalue weighted by molar-refractivity contribution is 6.01. The molecule has 27 heavy (non-hydrogen) atoms. The maximum Gasteiger partial charge on any atom is 0.244 e. The van der Waals surface area contributed by atoms with Crippen molar-refractivity contribution < 1.29 is 14.0 Å². The van der Waals surface area contributed by atoms with Gasteiger partial charge in [0.15, 0.2) is 0 Å². The Hall–Kier alpha value is -2.50. The number of likely N-dealkylation sites (tertiary alicyclic amines) is 2. The Morgan fingerprint density at radius 1 is 1.44 bits per heavy atom. The van der Waals surface area contributed by atoms with Crippen LogP contribution in [-0.2, 0) is 9.59 Å². The lowest BCUT2D eigenvalue weighted by atomic mass is 10.2. The first kappa shape index (κ1) is 17.9. The molecule has 7 nitrogen and oxygen atoms in total. The number of hydrogen-bond acceptors (Lipinski definition) is 5. The quantitative estimate of drug-likeness (QED) is 0.830. The van der Waals surface area contributed by atoms with Crippen LogP contribution < -0.4 is 10.6 Å². The summed E-state index contributed by atoms with van der Waals surface area (Å²) in [4.78, 5) is 30.5. The van der Waals surface area contributed by atoms with E-state index in [2.05, 4.69) is 6.07 Å². The topological polar surface area (TPSA) is 93.7 Å². The molecule has 0 aromatic heterocycles. The SMILES string of the molecule is N#C[C@@H]1CCCN1C(=O)[C@@H](N)CN1CC2C[C@H]1C(=O)N2c1cccc(F)c1. The van der Waals surface area contributed by atoms with Crippen LogP contribution in [0.15, 0.2) is 24.3 Å². The number of carbonyl (C=O) groups excluding carboxylic acids is 2. The molecule has 3 aliphatic rings. The molecule has 2 amide bonds. The van der Waals surface area contributed by atoms with Gasteiger partial charge in [-0.15, -0.1) is 0 Å². The third-order valence-electron chi connectivity index (χ3n) is 5.79. The van der Waals surface area contributed by atoms with Gasteiger partial charge in [-0.3, -0.25) is 14.5 Å². The number of rotatable bonds is 4. The fourth-order valence-electron chi connectivity index (χ4n) is 4.54. The zero-order chi connectivity index (χ0) is 19.1. The summed E-state index contributed by atoms with van der Waals surface area (Å²) in [5.41, 5.74) is 6.69. The van der Waals surface area contributed by atoms with Crippen molar-refractivity contribution in [3.63, 3.8) is 0 Å². The Bertz CT molecular complexity index is 810. The van der Waals surface area contributed by atoms with E-state index >= 15 is 0 Å². The zero-order valence-electron chi connectivity index (χ0n) is 14.9. The summed E-state index contributed by atoms with van der Waals surface area (Å²) in [6.45, 7) is 1.45. The smallest absolute Gasteiger partial charge is 0.244 e. The predicted molar refractivity (Wildman–Crippen MR) is 96.0 cm³/mol. The van der Waals surface area contributed by atoms with Crippen LogP contribution in [0.5, 0.6) is 0 Å². The lowest BCUT2D eigenvalue weighted by Gasteiger charge is -2.35. The number of piperazine rings is 1. The molecular formula is C19H22FN5O2. The van der Waals surface area contributed by atoms with E-state index in [0.717, 1.165) is 6.42 Å². The molecule has 3 heterocycles. The number of amides is 2. The lowest BCUT2D eigenvalue weighted by molar-refractivity contribution is -0.134. The average molecular weight is 371 g/mol. The minimum absolute atomic E-state index is 0.0368. The summed E-state index contributed by atoms with van der Waals surface area (Å²) in [7, 11) is 0. The van der Waals surface area contributed by atoms with Gasteiger partial charge in [0.05, 0.1) is 24.2 Å². The van der Waals surface area contributed by atoms with E-state index in [1.165, 1.54) is 12.1 Å². The van der Waals surface area contributed by atoms with Gasteiger partial charge in [-0.05, 0) is 37.5 Å². The molecule has 4 atom stereocenters. The molecule has 1 aromatic carbocycles. The molecule has 1 unspecified atom stereocenters. The number of halogens is 1. The molecule has 3 fully saturated rings. The number of benzene rings is 1. The van der Waals surface area contributed by atoms with Crippen LogP contribution in [-0.4, -0.2) is 65.4 Å². The highest BCUT2D eigenvalue weighted by Gasteiger charge is 2.50. The van der Waals surface area contributed by atoms with Gasteiger partial charge >= 0.3 is 0 Å². The molecule has 142 valence electrons. The molecule has 0 radical (unpaired) electrons. The van der Waals surface area contributed by atoms with Gasteiger partial charge in [-0.1, -0.05) is 6.07 Å². The van der Waals surface area contributed by atoms with Gasteiger partial charge in [-0.25, -0.2) is 4.39 Å². The van der Waals surface area contributed by atoms with Crippen molar-refractivity contribution in [3.05, 3.63) is 30.1 Å². The van der Waals surface area contributed by atoms with Crippen LogP contribution >= 0.6 is 0 Å². The van der Waals surface area contributed by atoms with E-state index in [1.807, 2.05) is 4.90 Å². The fourth-order valence-corrected chi connectivity index (χ4v) is 4.54. The van der Waals surface area contributed by atoms with Crippen LogP contribution in [0.3, 0.4) is 0 Å². The first-order valence-electron chi connectivity index (χ1n) is 9.28. The van der Waals surface area contributed by atoms with E-state index in [9.17, 15) is 14.0 Å². The minimum atomic E-state index is -0.756. The fraction of sp³-hybridized carbons (Fsp3) is 0.526. The second-order valence-electron chi connectivity index (χ2n) is 7.47. The lowest BCUT2D eigenvalue weighted by Crippen LogP contribution is -2.56. The average Bonchev–Trinajstić information content (AvgIpc) is 3.35. The zero-order valence-corrected chi connectivity index (χ0v) is 14.9. The van der Waals surface area contributed by atoms with Crippen LogP contribution in [0, 0.1) is 17.1 Å². The molecule has 0 aliphatic carbocycles. The summed E-state index contributed by atoms with van der Waals surface area (Å²) in [6.07, 6.45) is 2.15. The van der Waals surface area contributed by atoms with Crippen LogP contribution in [0.4, 0.5) is 10.1 Å². The van der Waals surface area contributed by atoms with Crippen molar-refractivity contribution in [2.45, 2.75) is 43.4 Å². The number of anilines is 1. The molecule has 1 aromatic rings. The first-order chi connectivity index (χ1) is 13.0. The molecule has 0 spiro atoms. The number of nitriles is 1. The molecular weight excluding hydrogens is 349 g/mol. The Kier molecular flexibility index (Phi) is 4.58. The summed E-state index contributed by atoms with van der Waals surface area (Å²) >= 11 is 0. The maximum atomic E-state index is 13.5. The molecule has 8 heteroatoms. The van der Waals surface area contributed by atoms with Crippen LogP contribution in [0.2, 0.25) is 0 Å². The third-order valence-corrected chi connectivity index (χ3v) is 5.79. The second kappa shape index (κ2) is 6.91. The predicted octanol–water partition coefficient (Wildman–Crippen LogP) is 0.457. The van der Waals surface area contributed by atoms with Gasteiger partial charge in [0.1, 0.15) is 11.9 Å². The van der Waals surface area contributed by atoms with Gasteiger partial charge in [0.2, 0.25) is 11.8 Å². The monoisotopic (exact) mass is 371 g/mol. The Balaban J connectivity index is 1.41. The highest BCUT2D eigenvalue weighted by Crippen LogP contribution is 2.35.